The standard InChI is InChI=1S/C22H24ClNO2/c1-13-6-7-15(14-8-10-16(23)11-9-14)12-17(13)18-19(25)21(2,3)22(4,5)24-20(18)26/h6-12,25H,1-5H3,(H,24,26). The maximum absolute atomic E-state index is 12.8. The summed E-state index contributed by atoms with van der Waals surface area (Å²) in [7, 11) is 0. The second kappa shape index (κ2) is 6.17. The Morgan fingerprint density at radius 3 is 2.15 bits per heavy atom. The van der Waals surface area contributed by atoms with Gasteiger partial charge in [-0.25, -0.2) is 0 Å². The number of carbonyl (C=O) groups is 1. The van der Waals surface area contributed by atoms with E-state index in [2.05, 4.69) is 5.32 Å². The van der Waals surface area contributed by atoms with Gasteiger partial charge in [-0.05, 0) is 61.2 Å². The van der Waals surface area contributed by atoms with Crippen LogP contribution in [0.1, 0.15) is 38.8 Å². The van der Waals surface area contributed by atoms with Crippen LogP contribution in [0.4, 0.5) is 0 Å². The molecule has 0 radical (unpaired) electrons. The molecule has 2 aromatic carbocycles. The Labute approximate surface area is 159 Å². The van der Waals surface area contributed by atoms with Crippen molar-refractivity contribution in [1.29, 1.82) is 0 Å². The van der Waals surface area contributed by atoms with Crippen LogP contribution in [-0.4, -0.2) is 16.6 Å². The van der Waals surface area contributed by atoms with E-state index in [4.69, 9.17) is 11.6 Å². The lowest BCUT2D eigenvalue weighted by Crippen LogP contribution is -2.58. The van der Waals surface area contributed by atoms with Crippen LogP contribution in [0, 0.1) is 12.3 Å². The Morgan fingerprint density at radius 1 is 0.962 bits per heavy atom. The molecule has 1 amide bonds. The van der Waals surface area contributed by atoms with Crippen LogP contribution >= 0.6 is 11.6 Å². The van der Waals surface area contributed by atoms with Crippen LogP contribution in [0.15, 0.2) is 48.2 Å². The van der Waals surface area contributed by atoms with Gasteiger partial charge in [0.2, 0.25) is 0 Å². The molecule has 0 spiro atoms. The Morgan fingerprint density at radius 2 is 1.54 bits per heavy atom. The van der Waals surface area contributed by atoms with Gasteiger partial charge < -0.3 is 10.4 Å². The maximum atomic E-state index is 12.8. The summed E-state index contributed by atoms with van der Waals surface area (Å²) in [5.41, 5.74) is 2.89. The smallest absolute Gasteiger partial charge is 0.255 e. The number of aliphatic hydroxyl groups excluding tert-OH is 1. The Bertz CT molecular complexity index is 908. The third-order valence-corrected chi connectivity index (χ3v) is 5.98. The van der Waals surface area contributed by atoms with E-state index in [1.54, 1.807) is 0 Å². The third kappa shape index (κ3) is 2.90. The summed E-state index contributed by atoms with van der Waals surface area (Å²) in [6.07, 6.45) is 0. The lowest BCUT2D eigenvalue weighted by Gasteiger charge is -2.46. The van der Waals surface area contributed by atoms with Crippen molar-refractivity contribution in [2.45, 2.75) is 40.2 Å². The average molecular weight is 370 g/mol. The number of hydrogen-bond acceptors (Lipinski definition) is 2. The van der Waals surface area contributed by atoms with Crippen molar-refractivity contribution in [3.05, 3.63) is 64.4 Å². The molecule has 0 atom stereocenters. The van der Waals surface area contributed by atoms with E-state index in [-0.39, 0.29) is 11.7 Å². The molecule has 0 aromatic heterocycles. The molecule has 1 aliphatic heterocycles. The van der Waals surface area contributed by atoms with E-state index in [1.165, 1.54) is 0 Å². The summed E-state index contributed by atoms with van der Waals surface area (Å²) in [6.45, 7) is 9.69. The first-order valence-electron chi connectivity index (χ1n) is 8.68. The highest BCUT2D eigenvalue weighted by atomic mass is 35.5. The normalized spacial score (nSPS) is 18.6. The van der Waals surface area contributed by atoms with Crippen molar-refractivity contribution in [3.63, 3.8) is 0 Å². The van der Waals surface area contributed by atoms with Gasteiger partial charge in [-0.1, -0.05) is 49.7 Å². The predicted octanol–water partition coefficient (Wildman–Crippen LogP) is 5.52. The van der Waals surface area contributed by atoms with Gasteiger partial charge in [0.05, 0.1) is 5.57 Å². The van der Waals surface area contributed by atoms with Gasteiger partial charge in [-0.15, -0.1) is 0 Å². The minimum atomic E-state index is -0.584. The zero-order valence-electron chi connectivity index (χ0n) is 15.8. The third-order valence-electron chi connectivity index (χ3n) is 5.73. The van der Waals surface area contributed by atoms with Crippen LogP contribution in [0.2, 0.25) is 5.02 Å². The zero-order valence-corrected chi connectivity index (χ0v) is 16.5. The van der Waals surface area contributed by atoms with Crippen LogP contribution in [0.3, 0.4) is 0 Å². The number of aliphatic hydroxyl groups is 1. The molecule has 0 bridgehead atoms. The fraction of sp³-hybridized carbons (Fsp3) is 0.318. The van der Waals surface area contributed by atoms with Gasteiger partial charge in [-0.3, -0.25) is 4.79 Å². The average Bonchev–Trinajstić information content (AvgIpc) is 2.55. The number of halogens is 1. The van der Waals surface area contributed by atoms with Gasteiger partial charge in [0.25, 0.3) is 5.91 Å². The van der Waals surface area contributed by atoms with Crippen LogP contribution in [0.25, 0.3) is 16.7 Å². The Hall–Kier alpha value is -2.26. The minimum Gasteiger partial charge on any atom is -0.511 e. The molecule has 0 saturated carbocycles. The summed E-state index contributed by atoms with van der Waals surface area (Å²) in [5, 5.41) is 14.7. The second-order valence-corrected chi connectivity index (χ2v) is 8.40. The molecule has 2 aromatic rings. The number of benzene rings is 2. The number of rotatable bonds is 2. The lowest BCUT2D eigenvalue weighted by molar-refractivity contribution is -0.119. The Balaban J connectivity index is 2.19. The van der Waals surface area contributed by atoms with Crippen molar-refractivity contribution >= 4 is 23.1 Å². The van der Waals surface area contributed by atoms with Gasteiger partial charge >= 0.3 is 0 Å². The summed E-state index contributed by atoms with van der Waals surface area (Å²) >= 11 is 5.98. The molecule has 2 N–H and O–H groups in total. The molecular weight excluding hydrogens is 346 g/mol. The highest BCUT2D eigenvalue weighted by Crippen LogP contribution is 2.44. The van der Waals surface area contributed by atoms with Gasteiger partial charge in [-0.2, -0.15) is 0 Å². The SMILES string of the molecule is Cc1ccc(-c2ccc(Cl)cc2)cc1C1=C(O)C(C)(C)C(C)(C)NC1=O. The number of hydrogen-bond donors (Lipinski definition) is 2. The first-order chi connectivity index (χ1) is 12.0. The van der Waals surface area contributed by atoms with Crippen molar-refractivity contribution in [3.8, 4) is 11.1 Å². The predicted molar refractivity (Wildman–Crippen MR) is 107 cm³/mol. The highest BCUT2D eigenvalue weighted by molar-refractivity contribution is 6.30. The molecule has 3 nitrogen and oxygen atoms in total. The van der Waals surface area contributed by atoms with Crippen LogP contribution in [0.5, 0.6) is 0 Å². The number of aryl methyl sites for hydroxylation is 1. The largest absolute Gasteiger partial charge is 0.511 e. The zero-order chi connectivity index (χ0) is 19.3. The number of amides is 1. The maximum Gasteiger partial charge on any atom is 0.255 e. The molecule has 1 aliphatic rings. The molecule has 0 unspecified atom stereocenters. The summed E-state index contributed by atoms with van der Waals surface area (Å²) in [5.74, 6) is -0.120. The minimum absolute atomic E-state index is 0.127. The Kier molecular flexibility index (Phi) is 4.40. The number of nitrogens with one attached hydrogen (secondary N) is 1. The van der Waals surface area contributed by atoms with Crippen LogP contribution < -0.4 is 5.32 Å². The van der Waals surface area contributed by atoms with E-state index in [1.807, 2.05) is 77.1 Å². The summed E-state index contributed by atoms with van der Waals surface area (Å²) < 4.78 is 0. The molecule has 136 valence electrons. The molecule has 0 aliphatic carbocycles. The van der Waals surface area contributed by atoms with Crippen molar-refractivity contribution in [1.82, 2.24) is 5.32 Å². The molecule has 1 heterocycles. The fourth-order valence-electron chi connectivity index (χ4n) is 3.18. The van der Waals surface area contributed by atoms with Crippen molar-refractivity contribution < 1.29 is 9.90 Å². The van der Waals surface area contributed by atoms with Crippen molar-refractivity contribution in [2.24, 2.45) is 5.41 Å². The molecular formula is C22H24ClNO2. The first-order valence-corrected chi connectivity index (χ1v) is 9.05. The van der Waals surface area contributed by atoms with E-state index in [0.717, 1.165) is 22.3 Å². The molecule has 3 rings (SSSR count). The van der Waals surface area contributed by atoms with Gasteiger partial charge in [0.1, 0.15) is 5.76 Å². The molecule has 4 heteroatoms. The fourth-order valence-corrected chi connectivity index (χ4v) is 3.31. The van der Waals surface area contributed by atoms with Gasteiger partial charge in [0, 0.05) is 16.0 Å². The lowest BCUT2D eigenvalue weighted by atomic mass is 9.68. The van der Waals surface area contributed by atoms with Gasteiger partial charge in [0.15, 0.2) is 0 Å². The summed E-state index contributed by atoms with van der Waals surface area (Å²) in [6, 6.07) is 13.5. The topological polar surface area (TPSA) is 49.3 Å². The van der Waals surface area contributed by atoms with E-state index in [9.17, 15) is 9.90 Å². The van der Waals surface area contributed by atoms with Crippen LogP contribution in [-0.2, 0) is 4.79 Å². The van der Waals surface area contributed by atoms with Crippen molar-refractivity contribution in [2.75, 3.05) is 0 Å². The monoisotopic (exact) mass is 369 g/mol. The quantitative estimate of drug-likeness (QED) is 0.732. The highest BCUT2D eigenvalue weighted by Gasteiger charge is 2.48. The first kappa shape index (κ1) is 18.5. The number of carbonyl (C=O) groups excluding carboxylic acids is 1. The van der Waals surface area contributed by atoms with E-state index in [0.29, 0.717) is 10.6 Å². The molecule has 0 saturated heterocycles. The molecule has 26 heavy (non-hydrogen) atoms. The van der Waals surface area contributed by atoms with E-state index >= 15 is 0 Å². The summed E-state index contributed by atoms with van der Waals surface area (Å²) in [4.78, 5) is 12.8. The second-order valence-electron chi connectivity index (χ2n) is 7.96. The molecule has 0 fully saturated rings. The van der Waals surface area contributed by atoms with E-state index < -0.39 is 11.0 Å².